The van der Waals surface area contributed by atoms with Gasteiger partial charge in [-0.2, -0.15) is 0 Å². The van der Waals surface area contributed by atoms with Gasteiger partial charge in [-0.05, 0) is 51.1 Å². The van der Waals surface area contributed by atoms with Gasteiger partial charge in [0.1, 0.15) is 6.04 Å². The molecule has 2 aliphatic heterocycles. The summed E-state index contributed by atoms with van der Waals surface area (Å²) < 4.78 is 0. The van der Waals surface area contributed by atoms with Crippen molar-refractivity contribution in [2.75, 3.05) is 32.7 Å². The minimum atomic E-state index is -1.14. The maximum absolute atomic E-state index is 12.6. The molecule has 2 saturated heterocycles. The van der Waals surface area contributed by atoms with E-state index in [2.05, 4.69) is 10.6 Å². The van der Waals surface area contributed by atoms with Gasteiger partial charge in [-0.1, -0.05) is 6.42 Å². The highest BCUT2D eigenvalue weighted by Gasteiger charge is 2.27. The minimum absolute atomic E-state index is 0.0890. The van der Waals surface area contributed by atoms with Crippen molar-refractivity contribution in [3.8, 4) is 0 Å². The van der Waals surface area contributed by atoms with Gasteiger partial charge in [0, 0.05) is 26.1 Å². The molecule has 0 aliphatic carbocycles. The molecular formula is C18H32N4O4. The standard InChI is InChI=1S/C18H32N4O4/c19-15(18(25)26)11-21-17(24)14-3-1-2-10-22(12-14)16(23)5-4-13-6-8-20-9-7-13/h13-15,20H,1-12,19H2,(H,21,24)(H,25,26)/t14-,15+/m1/s1. The van der Waals surface area contributed by atoms with Crippen LogP contribution in [0.5, 0.6) is 0 Å². The van der Waals surface area contributed by atoms with E-state index in [1.54, 1.807) is 0 Å². The van der Waals surface area contributed by atoms with E-state index in [1.165, 1.54) is 0 Å². The Balaban J connectivity index is 1.80. The van der Waals surface area contributed by atoms with Crippen molar-refractivity contribution >= 4 is 17.8 Å². The third-order valence-corrected chi connectivity index (χ3v) is 5.43. The van der Waals surface area contributed by atoms with Crippen LogP contribution in [-0.2, 0) is 14.4 Å². The molecule has 8 nitrogen and oxygen atoms in total. The first-order valence-corrected chi connectivity index (χ1v) is 9.72. The van der Waals surface area contributed by atoms with Crippen LogP contribution in [0.15, 0.2) is 0 Å². The average Bonchev–Trinajstić information content (AvgIpc) is 2.91. The lowest BCUT2D eigenvalue weighted by atomic mass is 9.93. The molecule has 2 heterocycles. The van der Waals surface area contributed by atoms with Crippen LogP contribution in [0.2, 0.25) is 0 Å². The quantitative estimate of drug-likeness (QED) is 0.498. The topological polar surface area (TPSA) is 125 Å². The number of rotatable bonds is 7. The van der Waals surface area contributed by atoms with Crippen molar-refractivity contribution in [3.63, 3.8) is 0 Å². The van der Waals surface area contributed by atoms with Crippen LogP contribution in [0.1, 0.15) is 44.9 Å². The van der Waals surface area contributed by atoms with Crippen LogP contribution < -0.4 is 16.4 Å². The van der Waals surface area contributed by atoms with Crippen LogP contribution in [0.3, 0.4) is 0 Å². The Hall–Kier alpha value is -1.67. The van der Waals surface area contributed by atoms with E-state index >= 15 is 0 Å². The highest BCUT2D eigenvalue weighted by molar-refractivity contribution is 5.82. The Bertz CT molecular complexity index is 494. The van der Waals surface area contributed by atoms with E-state index < -0.39 is 12.0 Å². The molecule has 0 radical (unpaired) electrons. The molecule has 2 rings (SSSR count). The first-order valence-electron chi connectivity index (χ1n) is 9.72. The van der Waals surface area contributed by atoms with Gasteiger partial charge in [-0.25, -0.2) is 0 Å². The molecule has 0 aromatic rings. The Labute approximate surface area is 154 Å². The average molecular weight is 368 g/mol. The number of aliphatic carboxylic acids is 1. The number of carboxylic acids is 1. The van der Waals surface area contributed by atoms with Crippen LogP contribution in [0.25, 0.3) is 0 Å². The molecule has 2 fully saturated rings. The molecule has 0 unspecified atom stereocenters. The van der Waals surface area contributed by atoms with E-state index in [0.717, 1.165) is 45.2 Å². The number of nitrogens with zero attached hydrogens (tertiary/aromatic N) is 1. The predicted octanol–water partition coefficient (Wildman–Crippen LogP) is -0.0770. The van der Waals surface area contributed by atoms with Crippen LogP contribution >= 0.6 is 0 Å². The highest BCUT2D eigenvalue weighted by Crippen LogP contribution is 2.21. The molecule has 0 spiro atoms. The first kappa shape index (κ1) is 20.6. The van der Waals surface area contributed by atoms with Crippen molar-refractivity contribution < 1.29 is 19.5 Å². The summed E-state index contributed by atoms with van der Waals surface area (Å²) in [5, 5.41) is 14.7. The number of carboxylic acid groups (broad SMARTS) is 1. The molecule has 2 atom stereocenters. The molecule has 148 valence electrons. The summed E-state index contributed by atoms with van der Waals surface area (Å²) >= 11 is 0. The van der Waals surface area contributed by atoms with Crippen LogP contribution in [0, 0.1) is 11.8 Å². The van der Waals surface area contributed by atoms with Gasteiger partial charge >= 0.3 is 5.97 Å². The van der Waals surface area contributed by atoms with E-state index in [4.69, 9.17) is 10.8 Å². The second-order valence-corrected chi connectivity index (χ2v) is 7.45. The fourth-order valence-corrected chi connectivity index (χ4v) is 3.68. The zero-order valence-electron chi connectivity index (χ0n) is 15.4. The van der Waals surface area contributed by atoms with Gasteiger partial charge in [0.2, 0.25) is 11.8 Å². The van der Waals surface area contributed by atoms with Crippen molar-refractivity contribution in [2.24, 2.45) is 17.6 Å². The lowest BCUT2D eigenvalue weighted by Crippen LogP contribution is -2.46. The molecule has 5 N–H and O–H groups in total. The first-order chi connectivity index (χ1) is 12.5. The van der Waals surface area contributed by atoms with E-state index in [0.29, 0.717) is 31.8 Å². The molecule has 2 aliphatic rings. The summed E-state index contributed by atoms with van der Waals surface area (Å²) in [4.78, 5) is 37.5. The lowest BCUT2D eigenvalue weighted by Gasteiger charge is -2.26. The van der Waals surface area contributed by atoms with Gasteiger partial charge in [0.05, 0.1) is 5.92 Å². The number of nitrogens with one attached hydrogen (secondary N) is 2. The Morgan fingerprint density at radius 1 is 1.19 bits per heavy atom. The van der Waals surface area contributed by atoms with Gasteiger partial charge < -0.3 is 26.4 Å². The maximum Gasteiger partial charge on any atom is 0.322 e. The minimum Gasteiger partial charge on any atom is -0.480 e. The predicted molar refractivity (Wildman–Crippen MR) is 97.4 cm³/mol. The van der Waals surface area contributed by atoms with Gasteiger partial charge in [-0.3, -0.25) is 14.4 Å². The molecule has 26 heavy (non-hydrogen) atoms. The van der Waals surface area contributed by atoms with Crippen molar-refractivity contribution in [2.45, 2.75) is 51.0 Å². The Morgan fingerprint density at radius 2 is 1.92 bits per heavy atom. The zero-order valence-corrected chi connectivity index (χ0v) is 15.4. The molecular weight excluding hydrogens is 336 g/mol. The zero-order chi connectivity index (χ0) is 18.9. The molecule has 0 aromatic carbocycles. The summed E-state index contributed by atoms with van der Waals surface area (Å²) in [6, 6.07) is -1.10. The van der Waals surface area contributed by atoms with Crippen LogP contribution in [-0.4, -0.2) is 66.6 Å². The molecule has 8 heteroatoms. The number of piperidine rings is 1. The van der Waals surface area contributed by atoms with Crippen molar-refractivity contribution in [3.05, 3.63) is 0 Å². The summed E-state index contributed by atoms with van der Waals surface area (Å²) in [5.74, 6) is -0.892. The summed E-state index contributed by atoms with van der Waals surface area (Å²) in [6.45, 7) is 3.09. The number of carbonyl (C=O) groups excluding carboxylic acids is 2. The molecule has 0 saturated carbocycles. The summed E-state index contributed by atoms with van der Waals surface area (Å²) in [6.07, 6.45) is 6.22. The van der Waals surface area contributed by atoms with Crippen molar-refractivity contribution in [1.29, 1.82) is 0 Å². The van der Waals surface area contributed by atoms with Gasteiger partial charge in [0.25, 0.3) is 0 Å². The smallest absolute Gasteiger partial charge is 0.322 e. The van der Waals surface area contributed by atoms with Gasteiger partial charge in [-0.15, -0.1) is 0 Å². The third-order valence-electron chi connectivity index (χ3n) is 5.43. The maximum atomic E-state index is 12.6. The number of nitrogens with two attached hydrogens (primary N) is 1. The second kappa shape index (κ2) is 10.5. The fourth-order valence-electron chi connectivity index (χ4n) is 3.68. The SMILES string of the molecule is N[C@@H](CNC(=O)[C@@H]1CCCCN(C(=O)CCC2CCNCC2)C1)C(=O)O. The number of carbonyl (C=O) groups is 3. The molecule has 0 aromatic heterocycles. The Kier molecular flexibility index (Phi) is 8.31. The monoisotopic (exact) mass is 368 g/mol. The van der Waals surface area contributed by atoms with Crippen LogP contribution in [0.4, 0.5) is 0 Å². The number of hydrogen-bond donors (Lipinski definition) is 4. The number of likely N-dealkylation sites (tertiary alicyclic amines) is 1. The van der Waals surface area contributed by atoms with E-state index in [9.17, 15) is 14.4 Å². The highest BCUT2D eigenvalue weighted by atomic mass is 16.4. The fraction of sp³-hybridized carbons (Fsp3) is 0.833. The number of hydrogen-bond acceptors (Lipinski definition) is 5. The normalized spacial score (nSPS) is 23.1. The summed E-state index contributed by atoms with van der Waals surface area (Å²) in [7, 11) is 0. The number of amides is 2. The van der Waals surface area contributed by atoms with Crippen molar-refractivity contribution in [1.82, 2.24) is 15.5 Å². The molecule has 0 bridgehead atoms. The van der Waals surface area contributed by atoms with Gasteiger partial charge in [0.15, 0.2) is 0 Å². The lowest BCUT2D eigenvalue weighted by molar-refractivity contribution is -0.138. The summed E-state index contributed by atoms with van der Waals surface area (Å²) in [5.41, 5.74) is 5.43. The third kappa shape index (κ3) is 6.57. The second-order valence-electron chi connectivity index (χ2n) is 7.45. The van der Waals surface area contributed by atoms with E-state index in [1.807, 2.05) is 4.90 Å². The van der Waals surface area contributed by atoms with E-state index in [-0.39, 0.29) is 24.3 Å². The Morgan fingerprint density at radius 3 is 2.62 bits per heavy atom. The molecule has 2 amide bonds. The largest absolute Gasteiger partial charge is 0.480 e.